The molecule has 0 fully saturated rings. The molecule has 0 unspecified atom stereocenters. The van der Waals surface area contributed by atoms with Gasteiger partial charge in [0.05, 0.1) is 10.6 Å². The Bertz CT molecular complexity index is 610. The van der Waals surface area contributed by atoms with Gasteiger partial charge in [0.25, 0.3) is 10.1 Å². The number of benzene rings is 1. The van der Waals surface area contributed by atoms with Crippen molar-refractivity contribution in [3.8, 4) is 0 Å². The molecule has 0 aliphatic rings. The summed E-state index contributed by atoms with van der Waals surface area (Å²) in [4.78, 5) is 14.1. The topological polar surface area (TPSA) is 107 Å². The van der Waals surface area contributed by atoms with E-state index >= 15 is 0 Å². The van der Waals surface area contributed by atoms with Gasteiger partial charge in [-0.25, -0.2) is 0 Å². The first-order valence-electron chi connectivity index (χ1n) is 5.03. The van der Waals surface area contributed by atoms with E-state index in [1.807, 2.05) is 0 Å². The normalized spacial score (nSPS) is 11.8. The fourth-order valence-corrected chi connectivity index (χ4v) is 2.13. The van der Waals surface area contributed by atoms with E-state index in [2.05, 4.69) is 4.99 Å². The molecular weight excluding hydrogens is 265 g/mol. The minimum atomic E-state index is -4.35. The third-order valence-electron chi connectivity index (χ3n) is 2.18. The predicted octanol–water partition coefficient (Wildman–Crippen LogP) is -2.38. The summed E-state index contributed by atoms with van der Waals surface area (Å²) in [5, 5.41) is 11.3. The molecule has 1 aromatic carbocycles. The molecule has 98 valence electrons. The van der Waals surface area contributed by atoms with Crippen LogP contribution < -0.4 is 24.0 Å². The first-order chi connectivity index (χ1) is 8.21. The molecule has 0 atom stereocenters. The molecule has 0 aliphatic heterocycles. The number of rotatable bonds is 4. The van der Waals surface area contributed by atoms with Gasteiger partial charge >= 0.3 is 18.9 Å². The summed E-state index contributed by atoms with van der Waals surface area (Å²) in [5.74, 6) is -0.981. The molecule has 0 saturated carbocycles. The third-order valence-corrected chi connectivity index (χ3v) is 3.18. The summed E-state index contributed by atoms with van der Waals surface area (Å²) in [6.07, 6.45) is -0.338. The second-order valence-electron chi connectivity index (χ2n) is 3.76. The van der Waals surface area contributed by atoms with Crippen molar-refractivity contribution in [2.45, 2.75) is 25.2 Å². The summed E-state index contributed by atoms with van der Waals surface area (Å²) < 4.78 is 31.1. The molecule has 0 heterocycles. The van der Waals surface area contributed by atoms with Gasteiger partial charge in [-0.05, 0) is 37.4 Å². The monoisotopic (exact) mass is 277 g/mol. The van der Waals surface area contributed by atoms with Crippen LogP contribution in [0.3, 0.4) is 0 Å². The van der Waals surface area contributed by atoms with E-state index in [9.17, 15) is 18.3 Å². The van der Waals surface area contributed by atoms with Gasteiger partial charge in [0, 0.05) is 6.42 Å². The van der Waals surface area contributed by atoms with Gasteiger partial charge in [0.15, 0.2) is 0 Å². The predicted molar refractivity (Wildman–Crippen MR) is 63.4 cm³/mol. The zero-order valence-corrected chi connectivity index (χ0v) is 11.7. The first kappa shape index (κ1) is 17.9. The van der Waals surface area contributed by atoms with Crippen LogP contribution in [0.5, 0.6) is 0 Å². The molecular formula is C11H12LiNO5S. The number of Topliss-reactive ketones (excluding diaryl/α,β-unsaturated/α-hetero) is 1. The summed E-state index contributed by atoms with van der Waals surface area (Å²) in [5.41, 5.74) is 0.285. The first-order valence-corrected chi connectivity index (χ1v) is 6.47. The van der Waals surface area contributed by atoms with Gasteiger partial charge in [0.1, 0.15) is 5.78 Å². The molecule has 0 spiro atoms. The number of hydrogen-bond donors (Lipinski definition) is 1. The molecule has 0 saturated heterocycles. The van der Waals surface area contributed by atoms with Crippen LogP contribution in [0, 0.1) is 6.92 Å². The van der Waals surface area contributed by atoms with Crippen molar-refractivity contribution in [2.24, 2.45) is 4.99 Å². The molecule has 1 rings (SSSR count). The molecule has 19 heavy (non-hydrogen) atoms. The number of carbonyl (C=O) groups excluding carboxylic acids is 1. The minimum Gasteiger partial charge on any atom is -0.861 e. The summed E-state index contributed by atoms with van der Waals surface area (Å²) in [6.45, 7) is 2.68. The van der Waals surface area contributed by atoms with Crippen LogP contribution in [0.1, 0.15) is 18.9 Å². The zero-order chi connectivity index (χ0) is 13.9. The largest absolute Gasteiger partial charge is 1.00 e. The van der Waals surface area contributed by atoms with E-state index in [1.165, 1.54) is 32.0 Å². The number of nitrogens with zero attached hydrogens (tertiary/aromatic N) is 1. The van der Waals surface area contributed by atoms with Crippen LogP contribution in [0.4, 0.5) is 5.69 Å². The number of hydrogen-bond acceptors (Lipinski definition) is 5. The maximum absolute atomic E-state index is 11.3. The quantitative estimate of drug-likeness (QED) is 0.286. The smallest absolute Gasteiger partial charge is 0.861 e. The standard InChI is InChI=1S/C11H13NO5S.Li/c1-7(13)6-11(14)12-9-4-3-5-10(8(9)2)18(15,16)17;/h3-5H,6H2,1-2H3,(H,12,14)(H,15,16,17);/q;+1/p-1. The average molecular weight is 277 g/mol. The van der Waals surface area contributed by atoms with Crippen LogP contribution >= 0.6 is 0 Å². The zero-order valence-electron chi connectivity index (χ0n) is 10.9. The van der Waals surface area contributed by atoms with E-state index in [4.69, 9.17) is 4.55 Å². The van der Waals surface area contributed by atoms with Crippen molar-refractivity contribution < 1.29 is 41.7 Å². The van der Waals surface area contributed by atoms with Crippen LogP contribution in [0.25, 0.3) is 0 Å². The summed E-state index contributed by atoms with van der Waals surface area (Å²) >= 11 is 0. The van der Waals surface area contributed by atoms with E-state index < -0.39 is 16.0 Å². The summed E-state index contributed by atoms with van der Waals surface area (Å²) in [6, 6.07) is 4.00. The van der Waals surface area contributed by atoms with E-state index in [0.29, 0.717) is 0 Å². The van der Waals surface area contributed by atoms with Crippen molar-refractivity contribution in [1.29, 1.82) is 0 Å². The van der Waals surface area contributed by atoms with Gasteiger partial charge in [-0.1, -0.05) is 6.07 Å². The Morgan fingerprint density at radius 2 is 2.00 bits per heavy atom. The van der Waals surface area contributed by atoms with Gasteiger partial charge < -0.3 is 5.11 Å². The van der Waals surface area contributed by atoms with Crippen LogP contribution in [0.15, 0.2) is 28.1 Å². The molecule has 1 N–H and O–H groups in total. The van der Waals surface area contributed by atoms with E-state index in [0.717, 1.165) is 0 Å². The van der Waals surface area contributed by atoms with Gasteiger partial charge in [0.2, 0.25) is 0 Å². The fraction of sp³-hybridized carbons (Fsp3) is 0.273. The van der Waals surface area contributed by atoms with Crippen molar-refractivity contribution in [1.82, 2.24) is 0 Å². The Balaban J connectivity index is 0.00000324. The van der Waals surface area contributed by atoms with Gasteiger partial charge in [-0.3, -0.25) is 14.3 Å². The van der Waals surface area contributed by atoms with Crippen molar-refractivity contribution in [3.63, 3.8) is 0 Å². The average Bonchev–Trinajstić information content (AvgIpc) is 2.18. The summed E-state index contributed by atoms with van der Waals surface area (Å²) in [7, 11) is -4.35. The molecule has 0 amide bonds. The van der Waals surface area contributed by atoms with Crippen molar-refractivity contribution in [3.05, 3.63) is 23.8 Å². The second kappa shape index (κ2) is 6.87. The van der Waals surface area contributed by atoms with Crippen LogP contribution in [-0.2, 0) is 14.9 Å². The van der Waals surface area contributed by atoms with Crippen molar-refractivity contribution >= 4 is 27.5 Å². The van der Waals surface area contributed by atoms with Gasteiger partial charge in [-0.2, -0.15) is 8.42 Å². The maximum atomic E-state index is 11.3. The number of aliphatic imine (C=N–C) groups is 1. The number of carbonyl (C=O) groups is 1. The fourth-order valence-electron chi connectivity index (χ4n) is 1.39. The van der Waals surface area contributed by atoms with E-state index in [-0.39, 0.29) is 47.2 Å². The molecule has 1 aromatic rings. The Hall–Kier alpha value is -1.13. The Morgan fingerprint density at radius 1 is 1.42 bits per heavy atom. The molecule has 6 nitrogen and oxygen atoms in total. The Morgan fingerprint density at radius 3 is 2.47 bits per heavy atom. The molecule has 0 aliphatic carbocycles. The maximum Gasteiger partial charge on any atom is 1.00 e. The molecule has 0 radical (unpaired) electrons. The number of ketones is 1. The van der Waals surface area contributed by atoms with Crippen LogP contribution in [0.2, 0.25) is 0 Å². The second-order valence-corrected chi connectivity index (χ2v) is 5.15. The molecule has 8 heteroatoms. The molecule has 0 aromatic heterocycles. The third kappa shape index (κ3) is 5.16. The van der Waals surface area contributed by atoms with Crippen molar-refractivity contribution in [2.75, 3.05) is 0 Å². The van der Waals surface area contributed by atoms with Gasteiger partial charge in [-0.15, -0.1) is 0 Å². The molecule has 0 bridgehead atoms. The van der Waals surface area contributed by atoms with E-state index in [1.54, 1.807) is 0 Å². The minimum absolute atomic E-state index is 0. The Labute approximate surface area is 123 Å². The SMILES string of the molecule is CC(=O)CC([O-])=Nc1cccc(S(=O)(=O)O)c1C.[Li+]. The van der Waals surface area contributed by atoms with Crippen LogP contribution in [-0.4, -0.2) is 24.7 Å². The Kier molecular flexibility index (Phi) is 6.46.